The molecule has 0 heterocycles. The summed E-state index contributed by atoms with van der Waals surface area (Å²) < 4.78 is 144. The molecule has 2 aliphatic rings. The third-order valence-electron chi connectivity index (χ3n) is 7.78. The Morgan fingerprint density at radius 3 is 1.56 bits per heavy atom. The van der Waals surface area contributed by atoms with E-state index in [0.717, 1.165) is 12.8 Å². The van der Waals surface area contributed by atoms with Crippen molar-refractivity contribution >= 4 is 12.4 Å². The Kier molecular flexibility index (Phi) is 6.03. The number of aliphatic hydroxyl groups is 2. The lowest BCUT2D eigenvalue weighted by Crippen LogP contribution is -2.43. The lowest BCUT2D eigenvalue weighted by Gasteiger charge is -2.41. The largest absolute Gasteiger partial charge is 0.497 e. The van der Waals surface area contributed by atoms with Crippen LogP contribution in [-0.4, -0.2) is 75.1 Å². The van der Waals surface area contributed by atoms with Crippen molar-refractivity contribution in [1.82, 2.24) is 9.80 Å². The van der Waals surface area contributed by atoms with Crippen LogP contribution >= 0.6 is 12.4 Å². The van der Waals surface area contributed by atoms with Gasteiger partial charge in [-0.15, -0.1) is 12.4 Å². The standard InChI is InChI=1S/2C16H25NO2.ClH/c2*1-17(2)12-14-7-4-5-10-16(14,18)13-8-6-9-15(11-13)19-3;/h2*6,8-9,11,14,18H,4-5,7,10,12H2,1-3H3;1H/t2*14-,16+;/m00./s1/i2*1D3,2D3,3D3;. The zero-order valence-corrected chi connectivity index (χ0v) is 22.7. The molecule has 4 atom stereocenters. The minimum absolute atomic E-state index is 0. The van der Waals surface area contributed by atoms with Crippen molar-refractivity contribution in [3.63, 3.8) is 0 Å². The molecule has 2 saturated carbocycles. The highest BCUT2D eigenvalue weighted by molar-refractivity contribution is 5.85. The summed E-state index contributed by atoms with van der Waals surface area (Å²) in [6.07, 6.45) is 4.34. The Morgan fingerprint density at radius 2 is 1.18 bits per heavy atom. The lowest BCUT2D eigenvalue weighted by atomic mass is 9.71. The smallest absolute Gasteiger partial charge is 0.119 e. The fraction of sp³-hybridized carbons (Fsp3) is 0.625. The summed E-state index contributed by atoms with van der Waals surface area (Å²) in [5.74, 6) is -1.19. The summed E-state index contributed by atoms with van der Waals surface area (Å²) in [5.41, 5.74) is -2.20. The lowest BCUT2D eigenvalue weighted by molar-refractivity contribution is -0.0621. The first-order valence-corrected chi connectivity index (χ1v) is 12.9. The van der Waals surface area contributed by atoms with Crippen LogP contribution in [0.25, 0.3) is 0 Å². The molecule has 2 N–H and O–H groups in total. The summed E-state index contributed by atoms with van der Waals surface area (Å²) in [7, 11) is -5.29. The third kappa shape index (κ3) is 8.58. The molecule has 7 heteroatoms. The highest BCUT2D eigenvalue weighted by atomic mass is 35.5. The number of rotatable bonds is 8. The maximum Gasteiger partial charge on any atom is 0.119 e. The predicted octanol–water partition coefficient (Wildman–Crippen LogP) is 5.69. The minimum Gasteiger partial charge on any atom is -0.497 e. The molecule has 0 bridgehead atoms. The number of hydrogen-bond acceptors (Lipinski definition) is 6. The first-order chi connectivity index (χ1) is 25.3. The van der Waals surface area contributed by atoms with Gasteiger partial charge in [-0.2, -0.15) is 0 Å². The third-order valence-corrected chi connectivity index (χ3v) is 7.78. The first kappa shape index (κ1) is 15.4. The molecule has 2 fully saturated rings. The Labute approximate surface area is 268 Å². The molecular formula is C32H51ClN2O4. The number of benzene rings is 2. The molecule has 0 amide bonds. The molecule has 220 valence electrons. The Balaban J connectivity index is 0.000000387. The number of hydrogen-bond donors (Lipinski definition) is 2. The van der Waals surface area contributed by atoms with Gasteiger partial charge in [0.15, 0.2) is 0 Å². The Bertz CT molecular complexity index is 1440. The summed E-state index contributed by atoms with van der Waals surface area (Å²) in [6, 6.07) is 12.1. The van der Waals surface area contributed by atoms with Crippen molar-refractivity contribution in [3.8, 4) is 11.5 Å². The number of methoxy groups -OCH3 is 2. The van der Waals surface area contributed by atoms with E-state index in [2.05, 4.69) is 0 Å². The molecule has 0 saturated heterocycles. The molecule has 39 heavy (non-hydrogen) atoms. The second-order valence-corrected chi connectivity index (χ2v) is 10.2. The van der Waals surface area contributed by atoms with Gasteiger partial charge in [-0.25, -0.2) is 0 Å². The van der Waals surface area contributed by atoms with Crippen molar-refractivity contribution in [3.05, 3.63) is 59.7 Å². The molecule has 0 unspecified atom stereocenters. The van der Waals surface area contributed by atoms with Gasteiger partial charge in [-0.05, 0) is 89.0 Å². The van der Waals surface area contributed by atoms with Crippen LogP contribution in [0, 0.1) is 11.8 Å². The van der Waals surface area contributed by atoms with E-state index in [-0.39, 0.29) is 37.0 Å². The molecule has 6 nitrogen and oxygen atoms in total. The van der Waals surface area contributed by atoms with Gasteiger partial charge in [0.2, 0.25) is 0 Å². The van der Waals surface area contributed by atoms with Crippen molar-refractivity contribution in [2.45, 2.75) is 62.6 Å². The van der Waals surface area contributed by atoms with Crippen molar-refractivity contribution < 1.29 is 44.4 Å². The zero-order chi connectivity index (χ0) is 42.8. The molecule has 2 aliphatic carbocycles. The summed E-state index contributed by atoms with van der Waals surface area (Å²) in [4.78, 5) is 0.924. The summed E-state index contributed by atoms with van der Waals surface area (Å²) in [5, 5.41) is 22.8. The van der Waals surface area contributed by atoms with Crippen LogP contribution in [-0.2, 0) is 11.2 Å². The number of ether oxygens (including phenoxy) is 2. The maximum absolute atomic E-state index is 11.4. The van der Waals surface area contributed by atoms with Gasteiger partial charge in [0.05, 0.1) is 33.5 Å². The monoisotopic (exact) mass is 580 g/mol. The van der Waals surface area contributed by atoms with Crippen LogP contribution in [0.5, 0.6) is 11.5 Å². The van der Waals surface area contributed by atoms with Gasteiger partial charge in [0.1, 0.15) is 11.5 Å². The molecule has 4 rings (SSSR count). The SMILES string of the molecule is Cl.[2H]C([2H])([2H])Oc1cccc([C@]2(O)CCCC[C@H]2CN(C([2H])([2H])[2H])C([2H])([2H])[2H])c1.[2H]C([2H])([2H])Oc1cccc([C@]2(O)CCCC[C@H]2CN(C([2H])([2H])[2H])C([2H])([2H])[2H])c1. The van der Waals surface area contributed by atoms with E-state index in [9.17, 15) is 10.2 Å². The highest BCUT2D eigenvalue weighted by Gasteiger charge is 2.41. The van der Waals surface area contributed by atoms with Crippen molar-refractivity contribution in [1.29, 1.82) is 0 Å². The molecular weight excluding hydrogens is 512 g/mol. The van der Waals surface area contributed by atoms with Crippen LogP contribution in [0.15, 0.2) is 48.5 Å². The quantitative estimate of drug-likeness (QED) is 0.418. The van der Waals surface area contributed by atoms with Crippen molar-refractivity contribution in [2.24, 2.45) is 11.8 Å². The summed E-state index contributed by atoms with van der Waals surface area (Å²) in [6.45, 7) is -12.0. The minimum atomic E-state index is -2.84. The Morgan fingerprint density at radius 1 is 0.744 bits per heavy atom. The van der Waals surface area contributed by atoms with E-state index in [1.165, 1.54) is 24.3 Å². The van der Waals surface area contributed by atoms with Crippen LogP contribution in [0.4, 0.5) is 0 Å². The fourth-order valence-corrected chi connectivity index (χ4v) is 5.80. The molecule has 0 spiro atoms. The topological polar surface area (TPSA) is 65.4 Å². The second-order valence-electron chi connectivity index (χ2n) is 10.2. The van der Waals surface area contributed by atoms with E-state index in [1.807, 2.05) is 0 Å². The molecule has 0 aliphatic heterocycles. The average Bonchev–Trinajstić information content (AvgIpc) is 3.00. The predicted molar refractivity (Wildman–Crippen MR) is 162 cm³/mol. The van der Waals surface area contributed by atoms with E-state index < -0.39 is 65.0 Å². The molecule has 2 aromatic carbocycles. The van der Waals surface area contributed by atoms with Gasteiger partial charge in [0.25, 0.3) is 0 Å². The van der Waals surface area contributed by atoms with Gasteiger partial charge in [-0.1, -0.05) is 49.9 Å². The highest BCUT2D eigenvalue weighted by Crippen LogP contribution is 2.44. The van der Waals surface area contributed by atoms with E-state index in [0.29, 0.717) is 59.5 Å². The van der Waals surface area contributed by atoms with Crippen LogP contribution in [0.3, 0.4) is 0 Å². The maximum atomic E-state index is 11.4. The summed E-state index contributed by atoms with van der Waals surface area (Å²) >= 11 is 0. The number of halogens is 1. The fourth-order valence-electron chi connectivity index (χ4n) is 5.80. The van der Waals surface area contributed by atoms with Crippen LogP contribution in [0.2, 0.25) is 0 Å². The zero-order valence-electron chi connectivity index (χ0n) is 39.9. The van der Waals surface area contributed by atoms with Gasteiger partial charge < -0.3 is 29.5 Å². The number of nitrogens with zero attached hydrogens (tertiary/aromatic N) is 2. The van der Waals surface area contributed by atoms with Gasteiger partial charge >= 0.3 is 0 Å². The van der Waals surface area contributed by atoms with Gasteiger partial charge in [0, 0.05) is 41.4 Å². The van der Waals surface area contributed by atoms with Crippen LogP contribution in [0.1, 0.15) is 87.2 Å². The molecule has 2 aromatic rings. The van der Waals surface area contributed by atoms with E-state index in [4.69, 9.17) is 34.1 Å². The van der Waals surface area contributed by atoms with Crippen LogP contribution < -0.4 is 9.47 Å². The molecule has 0 radical (unpaired) electrons. The van der Waals surface area contributed by atoms with Gasteiger partial charge in [-0.3, -0.25) is 0 Å². The normalized spacial score (nSPS) is 35.6. The van der Waals surface area contributed by atoms with Crippen molar-refractivity contribution in [2.75, 3.05) is 55.1 Å². The average molecular weight is 581 g/mol. The Hall–Kier alpha value is -1.83. The first-order valence-electron chi connectivity index (χ1n) is 21.9. The molecule has 0 aromatic heterocycles. The second kappa shape index (κ2) is 15.2. The van der Waals surface area contributed by atoms with E-state index in [1.54, 1.807) is 24.3 Å². The van der Waals surface area contributed by atoms with E-state index >= 15 is 0 Å².